The lowest BCUT2D eigenvalue weighted by atomic mass is 10.0. The van der Waals surface area contributed by atoms with Crippen LogP contribution in [0.3, 0.4) is 0 Å². The van der Waals surface area contributed by atoms with Crippen molar-refractivity contribution < 1.29 is 23.2 Å². The summed E-state index contributed by atoms with van der Waals surface area (Å²) in [6.07, 6.45) is -2.75. The summed E-state index contributed by atoms with van der Waals surface area (Å²) in [5, 5.41) is 10.9. The summed E-state index contributed by atoms with van der Waals surface area (Å²) in [5.74, 6) is -0.755. The minimum atomic E-state index is -3.03. The molecule has 0 unspecified atom stereocenters. The van der Waals surface area contributed by atoms with Crippen molar-refractivity contribution in [2.45, 2.75) is 19.8 Å². The molecule has 0 saturated heterocycles. The fourth-order valence-corrected chi connectivity index (χ4v) is 1.45. The van der Waals surface area contributed by atoms with Crippen LogP contribution in [0.25, 0.3) is 0 Å². The second-order valence-corrected chi connectivity index (χ2v) is 3.44. The van der Waals surface area contributed by atoms with Crippen LogP contribution in [0.5, 0.6) is 0 Å². The first-order valence-corrected chi connectivity index (χ1v) is 4.86. The molecule has 18 heavy (non-hydrogen) atoms. The summed E-state index contributed by atoms with van der Waals surface area (Å²) in [6, 6.07) is 0. The number of halogens is 2. The van der Waals surface area contributed by atoms with Crippen LogP contribution in [0.2, 0.25) is 0 Å². The third-order valence-electron chi connectivity index (χ3n) is 2.36. The van der Waals surface area contributed by atoms with Gasteiger partial charge in [0, 0.05) is 11.9 Å². The Morgan fingerprint density at radius 2 is 2.22 bits per heavy atom. The summed E-state index contributed by atoms with van der Waals surface area (Å²) in [7, 11) is 1.11. The Balaban J connectivity index is 3.41. The van der Waals surface area contributed by atoms with E-state index in [0.717, 1.165) is 13.3 Å². The number of hydrogen-bond donors (Lipinski definition) is 0. The smallest absolute Gasteiger partial charge is 0.310 e. The second-order valence-electron chi connectivity index (χ2n) is 3.44. The molecule has 0 atom stereocenters. The first-order chi connectivity index (χ1) is 8.38. The highest BCUT2D eigenvalue weighted by molar-refractivity contribution is 5.75. The van der Waals surface area contributed by atoms with Crippen molar-refractivity contribution in [2.24, 2.45) is 0 Å². The molecule has 0 fully saturated rings. The van der Waals surface area contributed by atoms with E-state index < -0.39 is 35.0 Å². The predicted octanol–water partition coefficient (Wildman–Crippen LogP) is 1.95. The number of nitrogens with zero attached hydrogens (tertiary/aromatic N) is 2. The van der Waals surface area contributed by atoms with Crippen LogP contribution in [-0.2, 0) is 16.0 Å². The third-order valence-corrected chi connectivity index (χ3v) is 2.36. The first-order valence-electron chi connectivity index (χ1n) is 4.86. The van der Waals surface area contributed by atoms with E-state index in [0.29, 0.717) is 0 Å². The molecule has 1 aromatic heterocycles. The number of carbonyl (C=O) groups excluding carboxylic acids is 1. The van der Waals surface area contributed by atoms with Crippen molar-refractivity contribution in [1.29, 1.82) is 0 Å². The van der Waals surface area contributed by atoms with E-state index in [9.17, 15) is 23.7 Å². The highest BCUT2D eigenvalue weighted by Crippen LogP contribution is 2.32. The largest absolute Gasteiger partial charge is 0.469 e. The van der Waals surface area contributed by atoms with Gasteiger partial charge < -0.3 is 4.74 Å². The van der Waals surface area contributed by atoms with E-state index in [4.69, 9.17) is 0 Å². The Kier molecular flexibility index (Phi) is 4.24. The Bertz CT molecular complexity index is 491. The van der Waals surface area contributed by atoms with Crippen molar-refractivity contribution in [2.75, 3.05) is 7.11 Å². The summed E-state index contributed by atoms with van der Waals surface area (Å²) in [4.78, 5) is 24.7. The van der Waals surface area contributed by atoms with Crippen molar-refractivity contribution in [1.82, 2.24) is 4.98 Å². The molecule has 0 radical (unpaired) electrons. The maximum Gasteiger partial charge on any atom is 0.310 e. The van der Waals surface area contributed by atoms with E-state index in [-0.39, 0.29) is 11.3 Å². The first kappa shape index (κ1) is 13.9. The van der Waals surface area contributed by atoms with Gasteiger partial charge in [0.1, 0.15) is 5.56 Å². The van der Waals surface area contributed by atoms with E-state index in [1.165, 1.54) is 6.92 Å². The van der Waals surface area contributed by atoms with E-state index in [1.54, 1.807) is 0 Å². The summed E-state index contributed by atoms with van der Waals surface area (Å²) >= 11 is 0. The number of ether oxygens (including phenoxy) is 1. The second kappa shape index (κ2) is 5.48. The number of aromatic nitrogens is 1. The van der Waals surface area contributed by atoms with E-state index in [1.807, 2.05) is 0 Å². The Morgan fingerprint density at radius 1 is 1.61 bits per heavy atom. The average Bonchev–Trinajstić information content (AvgIpc) is 2.30. The average molecular weight is 260 g/mol. The fraction of sp³-hybridized carbons (Fsp3) is 0.400. The van der Waals surface area contributed by atoms with Crippen LogP contribution in [0.4, 0.5) is 14.5 Å². The number of rotatable bonds is 4. The van der Waals surface area contributed by atoms with E-state index in [2.05, 4.69) is 9.72 Å². The Morgan fingerprint density at radius 3 is 2.67 bits per heavy atom. The summed E-state index contributed by atoms with van der Waals surface area (Å²) in [5.41, 5.74) is -1.58. The van der Waals surface area contributed by atoms with Crippen LogP contribution in [-0.4, -0.2) is 23.0 Å². The predicted molar refractivity (Wildman–Crippen MR) is 56.3 cm³/mol. The van der Waals surface area contributed by atoms with Gasteiger partial charge in [0.05, 0.1) is 24.0 Å². The number of pyridine rings is 1. The molecule has 0 saturated carbocycles. The number of carbonyl (C=O) groups is 1. The van der Waals surface area contributed by atoms with Crippen molar-refractivity contribution in [3.8, 4) is 0 Å². The third kappa shape index (κ3) is 2.76. The zero-order valence-electron chi connectivity index (χ0n) is 9.65. The molecule has 0 aliphatic heterocycles. The van der Waals surface area contributed by atoms with Gasteiger partial charge in [0.2, 0.25) is 0 Å². The van der Waals surface area contributed by atoms with Gasteiger partial charge in [-0.25, -0.2) is 8.78 Å². The monoisotopic (exact) mass is 260 g/mol. The highest BCUT2D eigenvalue weighted by Gasteiger charge is 2.29. The Hall–Kier alpha value is -2.12. The zero-order valence-corrected chi connectivity index (χ0v) is 9.65. The van der Waals surface area contributed by atoms with Crippen molar-refractivity contribution >= 4 is 11.7 Å². The molecule has 0 N–H and O–H groups in total. The van der Waals surface area contributed by atoms with Gasteiger partial charge in [-0.15, -0.1) is 0 Å². The molecule has 0 spiro atoms. The SMILES string of the molecule is COC(=O)Cc1c(C)ncc(C(F)F)c1[N+](=O)[O-]. The standard InChI is InChI=1S/C10H10F2N2O4/c1-5-6(3-8(15)18-2)9(14(16)17)7(4-13-5)10(11)12/h4,10H,3H2,1-2H3. The van der Waals surface area contributed by atoms with Gasteiger partial charge in [0.15, 0.2) is 0 Å². The number of hydrogen-bond acceptors (Lipinski definition) is 5. The molecule has 6 nitrogen and oxygen atoms in total. The molecule has 0 amide bonds. The number of alkyl halides is 2. The quantitative estimate of drug-likeness (QED) is 0.469. The fourth-order valence-electron chi connectivity index (χ4n) is 1.45. The number of nitro groups is 1. The summed E-state index contributed by atoms with van der Waals surface area (Å²) in [6.45, 7) is 1.40. The molecule has 1 rings (SSSR count). The molecule has 0 aliphatic carbocycles. The van der Waals surface area contributed by atoms with Crippen LogP contribution in [0, 0.1) is 17.0 Å². The van der Waals surface area contributed by atoms with Gasteiger partial charge >= 0.3 is 5.97 Å². The van der Waals surface area contributed by atoms with Crippen molar-refractivity contribution in [3.05, 3.63) is 33.1 Å². The van der Waals surface area contributed by atoms with Crippen LogP contribution < -0.4 is 0 Å². The molecule has 0 aliphatic rings. The lowest BCUT2D eigenvalue weighted by molar-refractivity contribution is -0.387. The van der Waals surface area contributed by atoms with Gasteiger partial charge in [-0.2, -0.15) is 0 Å². The van der Waals surface area contributed by atoms with Gasteiger partial charge in [0.25, 0.3) is 12.1 Å². The molecular weight excluding hydrogens is 250 g/mol. The highest BCUT2D eigenvalue weighted by atomic mass is 19.3. The molecule has 1 heterocycles. The lowest BCUT2D eigenvalue weighted by Crippen LogP contribution is -2.11. The Labute approximate surface area is 101 Å². The minimum absolute atomic E-state index is 0.148. The molecule has 0 aromatic carbocycles. The topological polar surface area (TPSA) is 82.3 Å². The molecular formula is C10H10F2N2O4. The molecule has 1 aromatic rings. The maximum absolute atomic E-state index is 12.7. The van der Waals surface area contributed by atoms with Gasteiger partial charge in [-0.1, -0.05) is 0 Å². The van der Waals surface area contributed by atoms with Crippen molar-refractivity contribution in [3.63, 3.8) is 0 Å². The number of methoxy groups -OCH3 is 1. The molecule has 8 heteroatoms. The number of esters is 1. The van der Waals surface area contributed by atoms with E-state index >= 15 is 0 Å². The minimum Gasteiger partial charge on any atom is -0.469 e. The molecule has 98 valence electrons. The van der Waals surface area contributed by atoms with Crippen LogP contribution in [0.1, 0.15) is 23.2 Å². The van der Waals surface area contributed by atoms with Crippen LogP contribution in [0.15, 0.2) is 6.20 Å². The number of aryl methyl sites for hydroxylation is 1. The normalized spacial score (nSPS) is 10.5. The van der Waals surface area contributed by atoms with Gasteiger partial charge in [-0.3, -0.25) is 19.9 Å². The van der Waals surface area contributed by atoms with Crippen LogP contribution >= 0.6 is 0 Å². The molecule has 0 bridgehead atoms. The summed E-state index contributed by atoms with van der Waals surface area (Å²) < 4.78 is 29.7. The lowest BCUT2D eigenvalue weighted by Gasteiger charge is -2.08. The maximum atomic E-state index is 12.7. The van der Waals surface area contributed by atoms with Gasteiger partial charge in [-0.05, 0) is 6.92 Å². The zero-order chi connectivity index (χ0) is 13.9.